The molecule has 0 bridgehead atoms. The van der Waals surface area contributed by atoms with Crippen LogP contribution in [0.15, 0.2) is 0 Å². The smallest absolute Gasteiger partial charge is 0.219 e. The van der Waals surface area contributed by atoms with Crippen molar-refractivity contribution >= 4 is 0 Å². The number of aromatic nitrogens is 2. The van der Waals surface area contributed by atoms with E-state index in [0.29, 0.717) is 5.88 Å². The lowest BCUT2D eigenvalue weighted by molar-refractivity contribution is 0.389. The summed E-state index contributed by atoms with van der Waals surface area (Å²) in [6.45, 7) is 5.93. The molecule has 0 aromatic carbocycles. The Bertz CT molecular complexity index is 284. The fourth-order valence-corrected chi connectivity index (χ4v) is 1.28. The molecule has 0 radical (unpaired) electrons. The van der Waals surface area contributed by atoms with Gasteiger partial charge in [-0.2, -0.15) is 4.98 Å². The molecule has 0 amide bonds. The Hall–Kier alpha value is -1.12. The van der Waals surface area contributed by atoms with Crippen molar-refractivity contribution in [3.63, 3.8) is 0 Å². The molecule has 0 saturated heterocycles. The lowest BCUT2D eigenvalue weighted by Gasteiger charge is -2.08. The normalized spacial score (nSPS) is 10.0. The average Bonchev–Trinajstić information content (AvgIpc) is 2.03. The minimum absolute atomic E-state index is 0.711. The van der Waals surface area contributed by atoms with Crippen LogP contribution in [-0.4, -0.2) is 17.1 Å². The second-order valence-corrected chi connectivity index (χ2v) is 2.70. The van der Waals surface area contributed by atoms with Crippen molar-refractivity contribution in [2.75, 3.05) is 7.11 Å². The van der Waals surface area contributed by atoms with Gasteiger partial charge in [0, 0.05) is 11.3 Å². The minimum atomic E-state index is 0.711. The highest BCUT2D eigenvalue weighted by Crippen LogP contribution is 2.18. The first-order chi connectivity index (χ1) is 5.69. The Kier molecular flexibility index (Phi) is 2.63. The van der Waals surface area contributed by atoms with E-state index in [1.165, 1.54) is 0 Å². The van der Waals surface area contributed by atoms with Crippen molar-refractivity contribution in [2.45, 2.75) is 27.2 Å². The molecule has 0 N–H and O–H groups in total. The summed E-state index contributed by atoms with van der Waals surface area (Å²) in [6, 6.07) is 0. The van der Waals surface area contributed by atoms with Gasteiger partial charge in [0.05, 0.1) is 7.11 Å². The van der Waals surface area contributed by atoms with E-state index in [-0.39, 0.29) is 0 Å². The van der Waals surface area contributed by atoms with Gasteiger partial charge in [-0.15, -0.1) is 0 Å². The maximum Gasteiger partial charge on any atom is 0.219 e. The van der Waals surface area contributed by atoms with E-state index in [9.17, 15) is 0 Å². The maximum absolute atomic E-state index is 5.15. The van der Waals surface area contributed by atoms with Gasteiger partial charge in [-0.05, 0) is 20.3 Å². The Morgan fingerprint density at radius 2 is 1.92 bits per heavy atom. The molecule has 1 aromatic heterocycles. The van der Waals surface area contributed by atoms with Gasteiger partial charge in [-0.3, -0.25) is 0 Å². The van der Waals surface area contributed by atoms with E-state index in [4.69, 9.17) is 4.74 Å². The van der Waals surface area contributed by atoms with Crippen LogP contribution in [0.4, 0.5) is 0 Å². The summed E-state index contributed by atoms with van der Waals surface area (Å²) in [4.78, 5) is 8.45. The van der Waals surface area contributed by atoms with Gasteiger partial charge in [0.2, 0.25) is 5.88 Å². The van der Waals surface area contributed by atoms with Crippen LogP contribution in [-0.2, 0) is 6.42 Å². The number of methoxy groups -OCH3 is 1. The van der Waals surface area contributed by atoms with Crippen molar-refractivity contribution in [1.29, 1.82) is 0 Å². The molecule has 1 rings (SSSR count). The van der Waals surface area contributed by atoms with Gasteiger partial charge >= 0.3 is 0 Å². The van der Waals surface area contributed by atoms with Gasteiger partial charge in [0.25, 0.3) is 0 Å². The summed E-state index contributed by atoms with van der Waals surface area (Å²) >= 11 is 0. The second-order valence-electron chi connectivity index (χ2n) is 2.70. The molecule has 1 heterocycles. The molecule has 3 nitrogen and oxygen atoms in total. The van der Waals surface area contributed by atoms with Crippen molar-refractivity contribution in [2.24, 2.45) is 0 Å². The predicted octanol–water partition coefficient (Wildman–Crippen LogP) is 1.66. The fourth-order valence-electron chi connectivity index (χ4n) is 1.28. The molecule has 0 aliphatic rings. The topological polar surface area (TPSA) is 35.0 Å². The summed E-state index contributed by atoms with van der Waals surface area (Å²) in [5.41, 5.74) is 2.12. The number of hydrogen-bond donors (Lipinski definition) is 0. The molecule has 12 heavy (non-hydrogen) atoms. The average molecular weight is 166 g/mol. The van der Waals surface area contributed by atoms with Crippen LogP contribution in [0.5, 0.6) is 5.88 Å². The van der Waals surface area contributed by atoms with E-state index in [0.717, 1.165) is 23.5 Å². The predicted molar refractivity (Wildman–Crippen MR) is 47.4 cm³/mol. The van der Waals surface area contributed by atoms with Gasteiger partial charge in [0.1, 0.15) is 5.82 Å². The van der Waals surface area contributed by atoms with Crippen LogP contribution in [0, 0.1) is 13.8 Å². The number of ether oxygens (including phenoxy) is 1. The van der Waals surface area contributed by atoms with E-state index in [2.05, 4.69) is 16.9 Å². The SMILES string of the molecule is CCc1c(C)nc(C)nc1OC. The monoisotopic (exact) mass is 166 g/mol. The summed E-state index contributed by atoms with van der Waals surface area (Å²) in [5, 5.41) is 0. The quantitative estimate of drug-likeness (QED) is 0.670. The van der Waals surface area contributed by atoms with Crippen LogP contribution < -0.4 is 4.74 Å². The molecule has 66 valence electrons. The summed E-state index contributed by atoms with van der Waals surface area (Å²) in [6.07, 6.45) is 0.912. The van der Waals surface area contributed by atoms with E-state index in [1.807, 2.05) is 13.8 Å². The first-order valence-electron chi connectivity index (χ1n) is 4.07. The third-order valence-corrected chi connectivity index (χ3v) is 1.83. The molecular formula is C9H14N2O. The van der Waals surface area contributed by atoms with Crippen molar-refractivity contribution in [1.82, 2.24) is 9.97 Å². The number of rotatable bonds is 2. The lowest BCUT2D eigenvalue weighted by atomic mass is 10.2. The molecule has 0 unspecified atom stereocenters. The Balaban J connectivity index is 3.24. The fraction of sp³-hybridized carbons (Fsp3) is 0.556. The molecule has 0 fully saturated rings. The highest BCUT2D eigenvalue weighted by atomic mass is 16.5. The third kappa shape index (κ3) is 1.55. The summed E-state index contributed by atoms with van der Waals surface area (Å²) in [5.74, 6) is 1.48. The summed E-state index contributed by atoms with van der Waals surface area (Å²) < 4.78 is 5.15. The zero-order valence-corrected chi connectivity index (χ0v) is 8.01. The molecular weight excluding hydrogens is 152 g/mol. The van der Waals surface area contributed by atoms with Gasteiger partial charge in [-0.25, -0.2) is 4.98 Å². The van der Waals surface area contributed by atoms with Crippen molar-refractivity contribution < 1.29 is 4.74 Å². The van der Waals surface area contributed by atoms with Crippen LogP contribution in [0.25, 0.3) is 0 Å². The molecule has 1 aromatic rings. The minimum Gasteiger partial charge on any atom is -0.481 e. The zero-order chi connectivity index (χ0) is 9.14. The van der Waals surface area contributed by atoms with Gasteiger partial charge < -0.3 is 4.74 Å². The highest BCUT2D eigenvalue weighted by molar-refractivity contribution is 5.29. The Morgan fingerprint density at radius 1 is 1.25 bits per heavy atom. The molecule has 0 aliphatic heterocycles. The van der Waals surface area contributed by atoms with Crippen molar-refractivity contribution in [3.8, 4) is 5.88 Å². The molecule has 0 spiro atoms. The van der Waals surface area contributed by atoms with Crippen LogP contribution in [0.2, 0.25) is 0 Å². The number of hydrogen-bond acceptors (Lipinski definition) is 3. The molecule has 3 heteroatoms. The number of nitrogens with zero attached hydrogens (tertiary/aromatic N) is 2. The zero-order valence-electron chi connectivity index (χ0n) is 8.01. The standard InChI is InChI=1S/C9H14N2O/c1-5-8-6(2)10-7(3)11-9(8)12-4/h5H2,1-4H3. The molecule has 0 aliphatic carbocycles. The summed E-state index contributed by atoms with van der Waals surface area (Å²) in [7, 11) is 1.64. The highest BCUT2D eigenvalue weighted by Gasteiger charge is 2.07. The Morgan fingerprint density at radius 3 is 2.42 bits per heavy atom. The van der Waals surface area contributed by atoms with Gasteiger partial charge in [-0.1, -0.05) is 6.92 Å². The van der Waals surface area contributed by atoms with Crippen LogP contribution >= 0.6 is 0 Å². The molecule has 0 atom stereocenters. The maximum atomic E-state index is 5.15. The van der Waals surface area contributed by atoms with E-state index >= 15 is 0 Å². The Labute approximate surface area is 72.8 Å². The number of aryl methyl sites for hydroxylation is 2. The first-order valence-corrected chi connectivity index (χ1v) is 4.07. The first kappa shape index (κ1) is 8.97. The van der Waals surface area contributed by atoms with E-state index < -0.39 is 0 Å². The van der Waals surface area contributed by atoms with Crippen LogP contribution in [0.1, 0.15) is 24.0 Å². The lowest BCUT2D eigenvalue weighted by Crippen LogP contribution is -2.02. The van der Waals surface area contributed by atoms with Crippen LogP contribution in [0.3, 0.4) is 0 Å². The second kappa shape index (κ2) is 3.52. The van der Waals surface area contributed by atoms with Gasteiger partial charge in [0.15, 0.2) is 0 Å². The largest absolute Gasteiger partial charge is 0.481 e. The van der Waals surface area contributed by atoms with E-state index in [1.54, 1.807) is 7.11 Å². The third-order valence-electron chi connectivity index (χ3n) is 1.83. The molecule has 0 saturated carbocycles. The van der Waals surface area contributed by atoms with Crippen molar-refractivity contribution in [3.05, 3.63) is 17.1 Å².